The van der Waals surface area contributed by atoms with Crippen molar-refractivity contribution in [1.29, 1.82) is 0 Å². The van der Waals surface area contributed by atoms with Crippen LogP contribution in [0.1, 0.15) is 19.8 Å². The Morgan fingerprint density at radius 1 is 1.58 bits per heavy atom. The van der Waals surface area contributed by atoms with Crippen LogP contribution in [0.2, 0.25) is 0 Å². The molecular weight excluding hydrogens is 310 g/mol. The van der Waals surface area contributed by atoms with Crippen LogP contribution in [-0.2, 0) is 0 Å². The zero-order chi connectivity index (χ0) is 13.8. The van der Waals surface area contributed by atoms with Gasteiger partial charge in [-0.3, -0.25) is 10.1 Å². The van der Waals surface area contributed by atoms with Crippen molar-refractivity contribution in [2.45, 2.75) is 25.8 Å². The van der Waals surface area contributed by atoms with Gasteiger partial charge in [0, 0.05) is 29.7 Å². The summed E-state index contributed by atoms with van der Waals surface area (Å²) in [6.07, 6.45) is 2.00. The second kappa shape index (κ2) is 6.34. The third kappa shape index (κ3) is 3.25. The van der Waals surface area contributed by atoms with E-state index in [-0.39, 0.29) is 10.6 Å². The van der Waals surface area contributed by atoms with E-state index in [9.17, 15) is 10.1 Å². The van der Waals surface area contributed by atoms with E-state index in [1.165, 1.54) is 0 Å². The van der Waals surface area contributed by atoms with E-state index in [0.29, 0.717) is 6.04 Å². The highest BCUT2D eigenvalue weighted by molar-refractivity contribution is 9.10. The normalized spacial score (nSPS) is 18.5. The topological polar surface area (TPSA) is 58.4 Å². The number of benzene rings is 1. The van der Waals surface area contributed by atoms with Crippen molar-refractivity contribution in [3.05, 3.63) is 32.8 Å². The fourth-order valence-corrected chi connectivity index (χ4v) is 2.88. The maximum absolute atomic E-state index is 11.2. The Morgan fingerprint density at radius 3 is 2.95 bits per heavy atom. The molecule has 1 fully saturated rings. The molecule has 0 bridgehead atoms. The van der Waals surface area contributed by atoms with Gasteiger partial charge in [0.05, 0.1) is 4.92 Å². The summed E-state index contributed by atoms with van der Waals surface area (Å²) in [6, 6.07) is 5.49. The Bertz CT molecular complexity index is 461. The lowest BCUT2D eigenvalue weighted by atomic mass is 10.1. The Hall–Kier alpha value is -1.14. The van der Waals surface area contributed by atoms with Crippen LogP contribution in [0, 0.1) is 10.1 Å². The van der Waals surface area contributed by atoms with E-state index in [1.807, 2.05) is 6.07 Å². The van der Waals surface area contributed by atoms with Crippen LogP contribution in [-0.4, -0.2) is 30.6 Å². The van der Waals surface area contributed by atoms with Gasteiger partial charge in [-0.05, 0) is 31.5 Å². The maximum Gasteiger partial charge on any atom is 0.292 e. The van der Waals surface area contributed by atoms with E-state index in [4.69, 9.17) is 0 Å². The predicted molar refractivity (Wildman–Crippen MR) is 79.7 cm³/mol. The molecule has 1 atom stereocenters. The minimum Gasteiger partial charge on any atom is -0.362 e. The fraction of sp³-hybridized carbons (Fsp3) is 0.538. The van der Waals surface area contributed by atoms with Crippen LogP contribution in [0.4, 0.5) is 11.4 Å². The Morgan fingerprint density at radius 2 is 2.37 bits per heavy atom. The molecule has 1 aliphatic heterocycles. The van der Waals surface area contributed by atoms with Crippen LogP contribution in [0.15, 0.2) is 22.7 Å². The van der Waals surface area contributed by atoms with Crippen molar-refractivity contribution in [3.63, 3.8) is 0 Å². The first kappa shape index (κ1) is 14.3. The van der Waals surface area contributed by atoms with Gasteiger partial charge in [0.25, 0.3) is 5.69 Å². The van der Waals surface area contributed by atoms with Crippen molar-refractivity contribution in [2.24, 2.45) is 0 Å². The lowest BCUT2D eigenvalue weighted by molar-refractivity contribution is -0.384. The van der Waals surface area contributed by atoms with Crippen molar-refractivity contribution < 1.29 is 4.92 Å². The summed E-state index contributed by atoms with van der Waals surface area (Å²) in [5.74, 6) is 0. The summed E-state index contributed by atoms with van der Waals surface area (Å²) in [5.41, 5.74) is 0.901. The summed E-state index contributed by atoms with van der Waals surface area (Å²) in [6.45, 7) is 4.80. The third-order valence-corrected chi connectivity index (χ3v) is 3.88. The molecule has 2 rings (SSSR count). The minimum absolute atomic E-state index is 0.184. The van der Waals surface area contributed by atoms with Crippen LogP contribution in [0.3, 0.4) is 0 Å². The summed E-state index contributed by atoms with van der Waals surface area (Å²) in [4.78, 5) is 13.1. The monoisotopic (exact) mass is 327 g/mol. The number of anilines is 1. The molecule has 104 valence electrons. The summed E-state index contributed by atoms with van der Waals surface area (Å²) in [7, 11) is 0. The number of hydrogen-bond donors (Lipinski definition) is 1. The smallest absolute Gasteiger partial charge is 0.292 e. The third-order valence-electron chi connectivity index (χ3n) is 3.38. The zero-order valence-corrected chi connectivity index (χ0v) is 12.5. The second-order valence-electron chi connectivity index (χ2n) is 4.73. The molecule has 1 heterocycles. The quantitative estimate of drug-likeness (QED) is 0.667. The van der Waals surface area contributed by atoms with Gasteiger partial charge in [-0.15, -0.1) is 0 Å². The molecule has 0 saturated carbocycles. The first-order valence-corrected chi connectivity index (χ1v) is 7.34. The van der Waals surface area contributed by atoms with Gasteiger partial charge < -0.3 is 10.2 Å². The van der Waals surface area contributed by atoms with Crippen LogP contribution in [0.25, 0.3) is 0 Å². The van der Waals surface area contributed by atoms with Gasteiger partial charge in [0.2, 0.25) is 0 Å². The highest BCUT2D eigenvalue weighted by atomic mass is 79.9. The average molecular weight is 328 g/mol. The van der Waals surface area contributed by atoms with Crippen molar-refractivity contribution in [3.8, 4) is 0 Å². The summed E-state index contributed by atoms with van der Waals surface area (Å²) in [5, 5.41) is 14.5. The molecular formula is C13H18BrN3O2. The number of nitro groups is 1. The van der Waals surface area contributed by atoms with E-state index >= 15 is 0 Å². The molecule has 5 nitrogen and oxygen atoms in total. The number of rotatable bonds is 5. The van der Waals surface area contributed by atoms with E-state index < -0.39 is 0 Å². The van der Waals surface area contributed by atoms with E-state index in [2.05, 4.69) is 33.1 Å². The standard InChI is InChI=1S/C13H18BrN3O2/c1-2-7-16(11-5-6-15-9-11)13-8-10(14)3-4-12(13)17(18)19/h3-4,8,11,15H,2,5-7,9H2,1H3. The molecule has 1 aliphatic rings. The zero-order valence-electron chi connectivity index (χ0n) is 10.9. The molecule has 0 amide bonds. The van der Waals surface area contributed by atoms with Crippen LogP contribution >= 0.6 is 15.9 Å². The fourth-order valence-electron chi connectivity index (χ4n) is 2.53. The molecule has 0 aliphatic carbocycles. The molecule has 0 spiro atoms. The number of nitrogens with zero attached hydrogens (tertiary/aromatic N) is 2. The van der Waals surface area contributed by atoms with Crippen molar-refractivity contribution >= 4 is 27.3 Å². The molecule has 0 radical (unpaired) electrons. The van der Waals surface area contributed by atoms with Gasteiger partial charge in [-0.2, -0.15) is 0 Å². The Kier molecular flexibility index (Phi) is 4.76. The predicted octanol–water partition coefficient (Wildman–Crippen LogP) is 2.94. The van der Waals surface area contributed by atoms with Gasteiger partial charge in [-0.1, -0.05) is 22.9 Å². The lowest BCUT2D eigenvalue weighted by Gasteiger charge is -2.30. The first-order valence-electron chi connectivity index (χ1n) is 6.54. The molecule has 1 saturated heterocycles. The van der Waals surface area contributed by atoms with Gasteiger partial charge in [0.1, 0.15) is 5.69 Å². The largest absolute Gasteiger partial charge is 0.362 e. The van der Waals surface area contributed by atoms with Gasteiger partial charge in [0.15, 0.2) is 0 Å². The van der Waals surface area contributed by atoms with Crippen molar-refractivity contribution in [1.82, 2.24) is 5.32 Å². The second-order valence-corrected chi connectivity index (χ2v) is 5.65. The molecule has 6 heteroatoms. The van der Waals surface area contributed by atoms with E-state index in [0.717, 1.165) is 42.6 Å². The average Bonchev–Trinajstić information content (AvgIpc) is 2.89. The van der Waals surface area contributed by atoms with Gasteiger partial charge in [-0.25, -0.2) is 0 Å². The molecule has 1 aromatic carbocycles. The number of nitro benzene ring substituents is 1. The van der Waals surface area contributed by atoms with E-state index in [1.54, 1.807) is 12.1 Å². The number of nitrogens with one attached hydrogen (secondary N) is 1. The first-order chi connectivity index (χ1) is 9.13. The maximum atomic E-state index is 11.2. The minimum atomic E-state index is -0.299. The number of halogens is 1. The molecule has 1 unspecified atom stereocenters. The Labute approximate surface area is 121 Å². The number of hydrogen-bond acceptors (Lipinski definition) is 4. The molecule has 0 aromatic heterocycles. The van der Waals surface area contributed by atoms with Crippen LogP contribution in [0.5, 0.6) is 0 Å². The lowest BCUT2D eigenvalue weighted by Crippen LogP contribution is -2.37. The van der Waals surface area contributed by atoms with Gasteiger partial charge >= 0.3 is 0 Å². The molecule has 1 N–H and O–H groups in total. The highest BCUT2D eigenvalue weighted by Gasteiger charge is 2.27. The SMILES string of the molecule is CCCN(c1cc(Br)ccc1[N+](=O)[O-])C1CCNC1. The molecule has 19 heavy (non-hydrogen) atoms. The Balaban J connectivity index is 2.39. The van der Waals surface area contributed by atoms with Crippen LogP contribution < -0.4 is 10.2 Å². The molecule has 1 aromatic rings. The highest BCUT2D eigenvalue weighted by Crippen LogP contribution is 2.33. The summed E-state index contributed by atoms with van der Waals surface area (Å²) >= 11 is 3.41. The summed E-state index contributed by atoms with van der Waals surface area (Å²) < 4.78 is 0.875. The van der Waals surface area contributed by atoms with Crippen molar-refractivity contribution in [2.75, 3.05) is 24.5 Å².